The summed E-state index contributed by atoms with van der Waals surface area (Å²) in [5.74, 6) is 6.74. The van der Waals surface area contributed by atoms with Gasteiger partial charge in [0, 0.05) is 27.2 Å². The molecule has 1 atom stereocenters. The van der Waals surface area contributed by atoms with E-state index in [4.69, 9.17) is 10.6 Å². The fourth-order valence-corrected chi connectivity index (χ4v) is 2.30. The average Bonchev–Trinajstić information content (AvgIpc) is 2.44. The maximum Gasteiger partial charge on any atom is 0.243 e. The number of nitrogens with zero attached hydrogens (tertiary/aromatic N) is 5. The van der Waals surface area contributed by atoms with Gasteiger partial charge in [-0.15, -0.1) is 0 Å². The molecule has 0 amide bonds. The highest BCUT2D eigenvalue weighted by molar-refractivity contribution is 5.44. The van der Waals surface area contributed by atoms with Crippen LogP contribution in [0.5, 0.6) is 0 Å². The highest BCUT2D eigenvalue weighted by Gasteiger charge is 2.34. The molecule has 1 fully saturated rings. The summed E-state index contributed by atoms with van der Waals surface area (Å²) in [5.41, 5.74) is 2.06. The molecule has 0 aromatic carbocycles. The molecule has 0 radical (unpaired) electrons. The Hall–Kier alpha value is -1.71. The van der Waals surface area contributed by atoms with Gasteiger partial charge in [0.25, 0.3) is 0 Å². The number of nitrogen functional groups attached to an aromatic ring is 1. The van der Waals surface area contributed by atoms with Crippen LogP contribution in [0.15, 0.2) is 0 Å². The highest BCUT2D eigenvalue weighted by Crippen LogP contribution is 2.25. The fraction of sp³-hybridized carbons (Fsp3) is 0.750. The van der Waals surface area contributed by atoms with Gasteiger partial charge in [0.05, 0.1) is 18.3 Å². The van der Waals surface area contributed by atoms with Crippen molar-refractivity contribution >= 4 is 17.8 Å². The molecular formula is C12H23N7O2. The van der Waals surface area contributed by atoms with Crippen LogP contribution in [0.3, 0.4) is 0 Å². The Morgan fingerprint density at radius 1 is 1.43 bits per heavy atom. The molecule has 9 nitrogen and oxygen atoms in total. The summed E-state index contributed by atoms with van der Waals surface area (Å²) < 4.78 is 5.80. The molecule has 21 heavy (non-hydrogen) atoms. The summed E-state index contributed by atoms with van der Waals surface area (Å²) in [6.07, 6.45) is -0.275. The van der Waals surface area contributed by atoms with E-state index in [2.05, 4.69) is 20.4 Å². The van der Waals surface area contributed by atoms with Crippen molar-refractivity contribution in [3.63, 3.8) is 0 Å². The number of aliphatic hydroxyl groups is 1. The molecule has 1 aliphatic rings. The molecule has 1 aromatic heterocycles. The Labute approximate surface area is 124 Å². The molecule has 118 valence electrons. The van der Waals surface area contributed by atoms with Crippen molar-refractivity contribution in [3.8, 4) is 0 Å². The van der Waals surface area contributed by atoms with Gasteiger partial charge in [-0.2, -0.15) is 15.0 Å². The SMILES string of the molecule is CN(C)c1nc(NN)nc(N2CC(CO)OC(C)(C)C2)n1. The van der Waals surface area contributed by atoms with Crippen LogP contribution < -0.4 is 21.1 Å². The second kappa shape index (κ2) is 5.96. The van der Waals surface area contributed by atoms with Gasteiger partial charge in [-0.05, 0) is 13.8 Å². The second-order valence-corrected chi connectivity index (χ2v) is 5.86. The molecule has 2 heterocycles. The van der Waals surface area contributed by atoms with Crippen LogP contribution in [-0.4, -0.2) is 65.6 Å². The van der Waals surface area contributed by atoms with Crippen LogP contribution in [-0.2, 0) is 4.74 Å². The molecule has 1 unspecified atom stereocenters. The lowest BCUT2D eigenvalue weighted by atomic mass is 10.1. The summed E-state index contributed by atoms with van der Waals surface area (Å²) in [6, 6.07) is 0. The first-order valence-corrected chi connectivity index (χ1v) is 6.78. The molecule has 2 rings (SSSR count). The lowest BCUT2D eigenvalue weighted by Crippen LogP contribution is -2.54. The molecule has 1 aliphatic heterocycles. The van der Waals surface area contributed by atoms with Crippen molar-refractivity contribution in [2.75, 3.05) is 49.0 Å². The van der Waals surface area contributed by atoms with Gasteiger partial charge in [-0.25, -0.2) is 5.84 Å². The third-order valence-electron chi connectivity index (χ3n) is 3.11. The van der Waals surface area contributed by atoms with E-state index in [0.29, 0.717) is 30.9 Å². The van der Waals surface area contributed by atoms with Crippen molar-refractivity contribution < 1.29 is 9.84 Å². The van der Waals surface area contributed by atoms with Crippen molar-refractivity contribution in [2.45, 2.75) is 25.6 Å². The number of anilines is 3. The van der Waals surface area contributed by atoms with E-state index in [-0.39, 0.29) is 12.7 Å². The Bertz CT molecular complexity index is 494. The largest absolute Gasteiger partial charge is 0.394 e. The Morgan fingerprint density at radius 3 is 2.71 bits per heavy atom. The minimum atomic E-state index is -0.396. The van der Waals surface area contributed by atoms with Gasteiger partial charge in [0.2, 0.25) is 17.8 Å². The average molecular weight is 297 g/mol. The van der Waals surface area contributed by atoms with Gasteiger partial charge in [0.1, 0.15) is 0 Å². The number of aromatic nitrogens is 3. The van der Waals surface area contributed by atoms with Crippen molar-refractivity contribution in [3.05, 3.63) is 0 Å². The molecule has 0 bridgehead atoms. The van der Waals surface area contributed by atoms with Gasteiger partial charge in [-0.3, -0.25) is 5.43 Å². The minimum absolute atomic E-state index is 0.0481. The zero-order chi connectivity index (χ0) is 15.6. The first kappa shape index (κ1) is 15.7. The van der Waals surface area contributed by atoms with Crippen molar-refractivity contribution in [2.24, 2.45) is 5.84 Å². The number of hydrazine groups is 1. The van der Waals surface area contributed by atoms with Crippen LogP contribution >= 0.6 is 0 Å². The number of rotatable bonds is 4. The fourth-order valence-electron chi connectivity index (χ4n) is 2.30. The maximum atomic E-state index is 9.39. The van der Waals surface area contributed by atoms with Gasteiger partial charge in [0.15, 0.2) is 0 Å². The second-order valence-electron chi connectivity index (χ2n) is 5.86. The smallest absolute Gasteiger partial charge is 0.243 e. The van der Waals surface area contributed by atoms with Crippen LogP contribution in [0.4, 0.5) is 17.8 Å². The zero-order valence-corrected chi connectivity index (χ0v) is 12.9. The number of ether oxygens (including phenoxy) is 1. The molecule has 0 aliphatic carbocycles. The monoisotopic (exact) mass is 297 g/mol. The summed E-state index contributed by atoms with van der Waals surface area (Å²) in [5, 5.41) is 9.39. The van der Waals surface area contributed by atoms with Gasteiger partial charge < -0.3 is 19.6 Å². The Balaban J connectivity index is 2.33. The Morgan fingerprint density at radius 2 is 2.14 bits per heavy atom. The number of morpholine rings is 1. The third kappa shape index (κ3) is 3.69. The van der Waals surface area contributed by atoms with E-state index in [1.807, 2.05) is 32.8 Å². The Kier molecular flexibility index (Phi) is 4.45. The third-order valence-corrected chi connectivity index (χ3v) is 3.11. The summed E-state index contributed by atoms with van der Waals surface area (Å²) in [4.78, 5) is 16.7. The number of hydrogen-bond acceptors (Lipinski definition) is 9. The van der Waals surface area contributed by atoms with E-state index in [1.54, 1.807) is 4.90 Å². The van der Waals surface area contributed by atoms with Crippen LogP contribution in [0.1, 0.15) is 13.8 Å². The topological polar surface area (TPSA) is 113 Å². The highest BCUT2D eigenvalue weighted by atomic mass is 16.5. The van der Waals surface area contributed by atoms with Crippen LogP contribution in [0, 0.1) is 0 Å². The quantitative estimate of drug-likeness (QED) is 0.485. The van der Waals surface area contributed by atoms with Gasteiger partial charge in [-0.1, -0.05) is 0 Å². The molecule has 9 heteroatoms. The van der Waals surface area contributed by atoms with Crippen LogP contribution in [0.2, 0.25) is 0 Å². The van der Waals surface area contributed by atoms with Crippen molar-refractivity contribution in [1.29, 1.82) is 0 Å². The number of nitrogens with one attached hydrogen (secondary N) is 1. The van der Waals surface area contributed by atoms with Gasteiger partial charge >= 0.3 is 0 Å². The van der Waals surface area contributed by atoms with E-state index in [0.717, 1.165) is 0 Å². The predicted octanol–water partition coefficient (Wildman–Crippen LogP) is -0.801. The first-order valence-electron chi connectivity index (χ1n) is 6.78. The molecule has 1 saturated heterocycles. The number of nitrogens with two attached hydrogens (primary N) is 1. The normalized spacial score (nSPS) is 21.2. The van der Waals surface area contributed by atoms with Crippen LogP contribution in [0.25, 0.3) is 0 Å². The minimum Gasteiger partial charge on any atom is -0.394 e. The molecule has 0 saturated carbocycles. The lowest BCUT2D eigenvalue weighted by Gasteiger charge is -2.42. The summed E-state index contributed by atoms with van der Waals surface area (Å²) in [7, 11) is 3.69. The van der Waals surface area contributed by atoms with E-state index in [1.165, 1.54) is 0 Å². The molecule has 4 N–H and O–H groups in total. The van der Waals surface area contributed by atoms with Crippen molar-refractivity contribution in [1.82, 2.24) is 15.0 Å². The predicted molar refractivity (Wildman–Crippen MR) is 80.2 cm³/mol. The summed E-state index contributed by atoms with van der Waals surface area (Å²) >= 11 is 0. The summed E-state index contributed by atoms with van der Waals surface area (Å²) in [6.45, 7) is 5.02. The first-order chi connectivity index (χ1) is 9.84. The maximum absolute atomic E-state index is 9.39. The lowest BCUT2D eigenvalue weighted by molar-refractivity contribution is -0.101. The van der Waals surface area contributed by atoms with E-state index >= 15 is 0 Å². The number of hydrogen-bond donors (Lipinski definition) is 3. The molecule has 0 spiro atoms. The van der Waals surface area contributed by atoms with E-state index in [9.17, 15) is 5.11 Å². The molecule has 1 aromatic rings. The van der Waals surface area contributed by atoms with E-state index < -0.39 is 5.60 Å². The number of aliphatic hydroxyl groups excluding tert-OH is 1. The molecular weight excluding hydrogens is 274 g/mol. The standard InChI is InChI=1S/C12H23N7O2/c1-12(2)7-19(5-8(6-20)21-12)11-15-9(17-13)14-10(16-11)18(3)4/h8,20H,5-7,13H2,1-4H3,(H,14,15,16,17). The zero-order valence-electron chi connectivity index (χ0n) is 12.9.